The molecule has 4 atom stereocenters. The van der Waals surface area contributed by atoms with E-state index in [-0.39, 0.29) is 6.42 Å². The molecule has 2 aliphatic rings. The lowest BCUT2D eigenvalue weighted by molar-refractivity contribution is -0.161. The van der Waals surface area contributed by atoms with Crippen molar-refractivity contribution >= 4 is 11.9 Å². The molecular weight excluding hydrogens is 244 g/mol. The molecule has 4 unspecified atom stereocenters. The first-order chi connectivity index (χ1) is 8.88. The van der Waals surface area contributed by atoms with Gasteiger partial charge >= 0.3 is 11.9 Å². The van der Waals surface area contributed by atoms with E-state index < -0.39 is 17.5 Å². The van der Waals surface area contributed by atoms with Gasteiger partial charge in [-0.1, -0.05) is 12.2 Å². The molecule has 0 aromatic heterocycles. The fourth-order valence-corrected chi connectivity index (χ4v) is 3.56. The third-order valence-electron chi connectivity index (χ3n) is 4.38. The number of carbonyl (C=O) groups excluding carboxylic acids is 1. The number of ether oxygens (including phenoxy) is 1. The fourth-order valence-electron chi connectivity index (χ4n) is 3.56. The molecule has 0 aliphatic heterocycles. The topological polar surface area (TPSA) is 63.6 Å². The molecular formula is C15H22O4. The Bertz CT molecular complexity index is 383. The highest BCUT2D eigenvalue weighted by Crippen LogP contribution is 2.46. The molecule has 106 valence electrons. The summed E-state index contributed by atoms with van der Waals surface area (Å²) in [5, 5.41) is 8.96. The highest BCUT2D eigenvalue weighted by atomic mass is 16.6. The molecule has 1 saturated carbocycles. The lowest BCUT2D eigenvalue weighted by atomic mass is 9.84. The third-order valence-corrected chi connectivity index (χ3v) is 4.38. The normalized spacial score (nSPS) is 31.2. The number of allylic oxidation sites excluding steroid dienone is 2. The maximum absolute atomic E-state index is 11.1. The van der Waals surface area contributed by atoms with Gasteiger partial charge in [0.25, 0.3) is 0 Å². The van der Waals surface area contributed by atoms with E-state index in [1.807, 2.05) is 0 Å². The van der Waals surface area contributed by atoms with E-state index in [0.29, 0.717) is 18.3 Å². The van der Waals surface area contributed by atoms with E-state index in [9.17, 15) is 9.59 Å². The van der Waals surface area contributed by atoms with Gasteiger partial charge in [-0.15, -0.1) is 0 Å². The molecule has 2 bridgehead atoms. The molecule has 0 amide bonds. The Kier molecular flexibility index (Phi) is 3.97. The van der Waals surface area contributed by atoms with Crippen LogP contribution in [0.5, 0.6) is 0 Å². The Balaban J connectivity index is 1.90. The monoisotopic (exact) mass is 266 g/mol. The second-order valence-corrected chi connectivity index (χ2v) is 6.19. The number of carbonyl (C=O) groups is 2. The van der Waals surface area contributed by atoms with Gasteiger partial charge in [0.2, 0.25) is 0 Å². The van der Waals surface area contributed by atoms with Crippen LogP contribution in [0.3, 0.4) is 0 Å². The van der Waals surface area contributed by atoms with Crippen LogP contribution >= 0.6 is 0 Å². The Morgan fingerprint density at radius 2 is 2.11 bits per heavy atom. The first-order valence-electron chi connectivity index (χ1n) is 6.98. The average molecular weight is 266 g/mol. The maximum Gasteiger partial charge on any atom is 0.307 e. The van der Waals surface area contributed by atoms with Crippen LogP contribution in [0.25, 0.3) is 0 Å². The third kappa shape index (κ3) is 3.58. The van der Waals surface area contributed by atoms with E-state index in [2.05, 4.69) is 12.2 Å². The van der Waals surface area contributed by atoms with Gasteiger partial charge < -0.3 is 9.84 Å². The second-order valence-electron chi connectivity index (χ2n) is 6.19. The van der Waals surface area contributed by atoms with Gasteiger partial charge in [-0.25, -0.2) is 0 Å². The van der Waals surface area contributed by atoms with Crippen molar-refractivity contribution in [3.8, 4) is 0 Å². The molecule has 2 aliphatic carbocycles. The molecule has 0 aromatic carbocycles. The smallest absolute Gasteiger partial charge is 0.307 e. The van der Waals surface area contributed by atoms with Gasteiger partial charge in [0, 0.05) is 6.92 Å². The van der Waals surface area contributed by atoms with E-state index in [1.165, 1.54) is 19.8 Å². The van der Waals surface area contributed by atoms with Gasteiger partial charge in [0.1, 0.15) is 5.60 Å². The molecule has 2 rings (SSSR count). The van der Waals surface area contributed by atoms with Crippen molar-refractivity contribution in [1.82, 2.24) is 0 Å². The van der Waals surface area contributed by atoms with Crippen molar-refractivity contribution in [2.24, 2.45) is 17.8 Å². The van der Waals surface area contributed by atoms with Gasteiger partial charge in [0.05, 0.1) is 6.42 Å². The summed E-state index contributed by atoms with van der Waals surface area (Å²) in [5.41, 5.74) is -0.872. The zero-order valence-corrected chi connectivity index (χ0v) is 11.6. The Morgan fingerprint density at radius 1 is 1.37 bits per heavy atom. The second kappa shape index (κ2) is 5.35. The minimum atomic E-state index is -0.920. The molecule has 0 heterocycles. The Hall–Kier alpha value is -1.32. The number of hydrogen-bond donors (Lipinski definition) is 1. The number of esters is 1. The van der Waals surface area contributed by atoms with Crippen LogP contribution in [0.15, 0.2) is 12.2 Å². The zero-order chi connectivity index (χ0) is 14.0. The summed E-state index contributed by atoms with van der Waals surface area (Å²) in [6.07, 6.45) is 8.47. The van der Waals surface area contributed by atoms with Crippen LogP contribution in [0.2, 0.25) is 0 Å². The highest BCUT2D eigenvalue weighted by Gasteiger charge is 2.38. The van der Waals surface area contributed by atoms with E-state index in [4.69, 9.17) is 9.84 Å². The molecule has 4 nitrogen and oxygen atoms in total. The average Bonchev–Trinajstić information content (AvgIpc) is 2.85. The SMILES string of the molecule is CC(=O)OC(C)(CCC1CC2C=CC1C2)CC(=O)O. The molecule has 1 fully saturated rings. The zero-order valence-electron chi connectivity index (χ0n) is 11.6. The van der Waals surface area contributed by atoms with Crippen molar-refractivity contribution in [1.29, 1.82) is 0 Å². The number of fused-ring (bicyclic) bond motifs is 2. The van der Waals surface area contributed by atoms with Crippen LogP contribution in [0.4, 0.5) is 0 Å². The lowest BCUT2D eigenvalue weighted by Crippen LogP contribution is -2.34. The van der Waals surface area contributed by atoms with Gasteiger partial charge in [-0.3, -0.25) is 9.59 Å². The van der Waals surface area contributed by atoms with Crippen molar-refractivity contribution < 1.29 is 19.4 Å². The van der Waals surface area contributed by atoms with Crippen molar-refractivity contribution in [2.45, 2.75) is 51.6 Å². The van der Waals surface area contributed by atoms with Crippen LogP contribution in [-0.4, -0.2) is 22.6 Å². The largest absolute Gasteiger partial charge is 0.481 e. The van der Waals surface area contributed by atoms with E-state index in [1.54, 1.807) is 6.92 Å². The molecule has 0 spiro atoms. The van der Waals surface area contributed by atoms with Crippen molar-refractivity contribution in [3.63, 3.8) is 0 Å². The molecule has 4 heteroatoms. The minimum Gasteiger partial charge on any atom is -0.481 e. The summed E-state index contributed by atoms with van der Waals surface area (Å²) >= 11 is 0. The maximum atomic E-state index is 11.1. The molecule has 19 heavy (non-hydrogen) atoms. The first-order valence-corrected chi connectivity index (χ1v) is 6.98. The van der Waals surface area contributed by atoms with Crippen molar-refractivity contribution in [2.75, 3.05) is 0 Å². The minimum absolute atomic E-state index is 0.122. The number of rotatable bonds is 6. The van der Waals surface area contributed by atoms with Crippen LogP contribution in [0, 0.1) is 17.8 Å². The quantitative estimate of drug-likeness (QED) is 0.593. The highest BCUT2D eigenvalue weighted by molar-refractivity contribution is 5.70. The number of carboxylic acid groups (broad SMARTS) is 1. The molecule has 0 aromatic rings. The Morgan fingerprint density at radius 3 is 2.58 bits per heavy atom. The van der Waals surface area contributed by atoms with E-state index >= 15 is 0 Å². The summed E-state index contributed by atoms with van der Waals surface area (Å²) in [5.74, 6) is 0.665. The summed E-state index contributed by atoms with van der Waals surface area (Å²) in [6.45, 7) is 3.06. The predicted octanol–water partition coefficient (Wildman–Crippen LogP) is 2.78. The fraction of sp³-hybridized carbons (Fsp3) is 0.733. The number of aliphatic carboxylic acids is 1. The number of carboxylic acids is 1. The Labute approximate surface area is 113 Å². The van der Waals surface area contributed by atoms with Crippen LogP contribution in [0.1, 0.15) is 46.0 Å². The summed E-state index contributed by atoms with van der Waals surface area (Å²) < 4.78 is 5.25. The van der Waals surface area contributed by atoms with E-state index in [0.717, 1.165) is 12.3 Å². The molecule has 1 N–H and O–H groups in total. The number of hydrogen-bond acceptors (Lipinski definition) is 3. The predicted molar refractivity (Wildman–Crippen MR) is 70.5 cm³/mol. The van der Waals surface area contributed by atoms with Gasteiger partial charge in [-0.2, -0.15) is 0 Å². The van der Waals surface area contributed by atoms with Gasteiger partial charge in [0.15, 0.2) is 0 Å². The van der Waals surface area contributed by atoms with Gasteiger partial charge in [-0.05, 0) is 50.4 Å². The first kappa shape index (κ1) is 14.1. The molecule has 0 saturated heterocycles. The summed E-state index contributed by atoms with van der Waals surface area (Å²) in [7, 11) is 0. The summed E-state index contributed by atoms with van der Waals surface area (Å²) in [4.78, 5) is 22.1. The standard InChI is InChI=1S/C15H22O4/c1-10(16)19-15(2,9-14(17)18)6-5-13-8-11-3-4-12(13)7-11/h3-4,11-13H,5-9H2,1-2H3,(H,17,18). The van der Waals surface area contributed by atoms with Crippen LogP contribution < -0.4 is 0 Å². The lowest BCUT2D eigenvalue weighted by Gasteiger charge is -2.30. The summed E-state index contributed by atoms with van der Waals surface area (Å²) in [6, 6.07) is 0. The molecule has 0 radical (unpaired) electrons. The van der Waals surface area contributed by atoms with Crippen molar-refractivity contribution in [3.05, 3.63) is 12.2 Å². The van der Waals surface area contributed by atoms with Crippen LogP contribution in [-0.2, 0) is 14.3 Å².